The quantitative estimate of drug-likeness (QED) is 0.643. The van der Waals surface area contributed by atoms with Crippen LogP contribution in [-0.2, 0) is 19.4 Å². The molecule has 0 N–H and O–H groups in total. The standard InChI is InChI=1S/C23H27FN4OS/c1-2-26-9-11-27(12-10-26)18-7-8-19-20(13-18)30-22-21(19)23(29)28(15-25-22)14-16-3-5-17(24)6-4-16/h3-6,15,18H,2,7-14H2,1H3/t18-/m1/s1. The third-order valence-corrected chi connectivity index (χ3v) is 7.81. The van der Waals surface area contributed by atoms with Crippen molar-refractivity contribution in [2.75, 3.05) is 32.7 Å². The van der Waals surface area contributed by atoms with Crippen molar-refractivity contribution in [3.05, 3.63) is 62.8 Å². The molecule has 30 heavy (non-hydrogen) atoms. The van der Waals surface area contributed by atoms with Crippen LogP contribution in [0.5, 0.6) is 0 Å². The lowest BCUT2D eigenvalue weighted by Crippen LogP contribution is -2.51. The molecule has 0 saturated carbocycles. The lowest BCUT2D eigenvalue weighted by atomic mass is 9.91. The van der Waals surface area contributed by atoms with Gasteiger partial charge in [0.05, 0.1) is 18.3 Å². The van der Waals surface area contributed by atoms with Crippen LogP contribution in [0.4, 0.5) is 4.39 Å². The van der Waals surface area contributed by atoms with Crippen molar-refractivity contribution in [3.8, 4) is 0 Å². The minimum absolute atomic E-state index is 0.0248. The minimum atomic E-state index is -0.266. The lowest BCUT2D eigenvalue weighted by Gasteiger charge is -2.40. The molecule has 1 aromatic carbocycles. The SMILES string of the molecule is CCN1CCN([C@@H]2CCc3c(sc4ncn(Cc5ccc(F)cc5)c(=O)c34)C2)CC1. The van der Waals surface area contributed by atoms with Crippen molar-refractivity contribution in [2.24, 2.45) is 0 Å². The molecule has 0 amide bonds. The number of halogens is 1. The molecule has 5 rings (SSSR count). The maximum absolute atomic E-state index is 13.2. The highest BCUT2D eigenvalue weighted by molar-refractivity contribution is 7.18. The highest BCUT2D eigenvalue weighted by atomic mass is 32.1. The van der Waals surface area contributed by atoms with Crippen LogP contribution in [0, 0.1) is 5.82 Å². The molecule has 3 aromatic rings. The van der Waals surface area contributed by atoms with Crippen LogP contribution in [-0.4, -0.2) is 58.1 Å². The van der Waals surface area contributed by atoms with Gasteiger partial charge in [0.2, 0.25) is 0 Å². The van der Waals surface area contributed by atoms with Crippen LogP contribution in [0.15, 0.2) is 35.4 Å². The van der Waals surface area contributed by atoms with Crippen LogP contribution in [0.25, 0.3) is 10.2 Å². The van der Waals surface area contributed by atoms with E-state index < -0.39 is 0 Å². The van der Waals surface area contributed by atoms with Crippen LogP contribution < -0.4 is 5.56 Å². The number of aryl methyl sites for hydroxylation is 1. The van der Waals surface area contributed by atoms with Gasteiger partial charge in [-0.3, -0.25) is 14.3 Å². The predicted octanol–water partition coefficient (Wildman–Crippen LogP) is 3.14. The molecule has 1 aliphatic heterocycles. The summed E-state index contributed by atoms with van der Waals surface area (Å²) in [5, 5.41) is 0.800. The van der Waals surface area contributed by atoms with Crippen molar-refractivity contribution in [1.82, 2.24) is 19.4 Å². The number of benzene rings is 1. The Morgan fingerprint density at radius 3 is 2.67 bits per heavy atom. The number of nitrogens with zero attached hydrogens (tertiary/aromatic N) is 4. The second-order valence-corrected chi connectivity index (χ2v) is 9.44. The second kappa shape index (κ2) is 8.21. The van der Waals surface area contributed by atoms with Gasteiger partial charge in [0.15, 0.2) is 0 Å². The summed E-state index contributed by atoms with van der Waals surface area (Å²) in [6.45, 7) is 8.37. The van der Waals surface area contributed by atoms with E-state index in [0.717, 1.165) is 67.8 Å². The molecule has 0 bridgehead atoms. The van der Waals surface area contributed by atoms with Gasteiger partial charge in [-0.25, -0.2) is 9.37 Å². The molecule has 2 aromatic heterocycles. The Hall–Kier alpha value is -2.09. The van der Waals surface area contributed by atoms with Crippen LogP contribution in [0.3, 0.4) is 0 Å². The fourth-order valence-corrected chi connectivity index (χ4v) is 6.09. The average molecular weight is 427 g/mol. The zero-order valence-corrected chi connectivity index (χ0v) is 18.1. The van der Waals surface area contributed by atoms with Gasteiger partial charge in [-0.15, -0.1) is 11.3 Å². The minimum Gasteiger partial charge on any atom is -0.301 e. The first-order valence-electron chi connectivity index (χ1n) is 10.8. The van der Waals surface area contributed by atoms with Gasteiger partial charge in [-0.2, -0.15) is 0 Å². The third-order valence-electron chi connectivity index (χ3n) is 6.65. The normalized spacial score (nSPS) is 20.5. The van der Waals surface area contributed by atoms with Crippen molar-refractivity contribution in [3.63, 3.8) is 0 Å². The second-order valence-electron chi connectivity index (χ2n) is 8.35. The van der Waals surface area contributed by atoms with E-state index in [-0.39, 0.29) is 11.4 Å². The summed E-state index contributed by atoms with van der Waals surface area (Å²) in [7, 11) is 0. The monoisotopic (exact) mass is 426 g/mol. The lowest BCUT2D eigenvalue weighted by molar-refractivity contribution is 0.0932. The zero-order valence-electron chi connectivity index (χ0n) is 17.3. The number of aromatic nitrogens is 2. The van der Waals surface area contributed by atoms with E-state index in [1.807, 2.05) is 0 Å². The molecule has 1 atom stereocenters. The Morgan fingerprint density at radius 1 is 1.17 bits per heavy atom. The van der Waals surface area contributed by atoms with E-state index >= 15 is 0 Å². The summed E-state index contributed by atoms with van der Waals surface area (Å²) in [5.41, 5.74) is 2.14. The maximum Gasteiger partial charge on any atom is 0.262 e. The largest absolute Gasteiger partial charge is 0.301 e. The molecular formula is C23H27FN4OS. The van der Waals surface area contributed by atoms with Gasteiger partial charge >= 0.3 is 0 Å². The number of fused-ring (bicyclic) bond motifs is 3. The smallest absolute Gasteiger partial charge is 0.262 e. The summed E-state index contributed by atoms with van der Waals surface area (Å²) >= 11 is 1.69. The highest BCUT2D eigenvalue weighted by Gasteiger charge is 2.30. The molecule has 1 aliphatic carbocycles. The van der Waals surface area contributed by atoms with E-state index in [1.165, 1.54) is 22.6 Å². The fourth-order valence-electron chi connectivity index (χ4n) is 4.84. The van der Waals surface area contributed by atoms with Crippen LogP contribution >= 0.6 is 11.3 Å². The molecule has 158 valence electrons. The maximum atomic E-state index is 13.2. The van der Waals surface area contributed by atoms with Gasteiger partial charge in [0.1, 0.15) is 10.6 Å². The van der Waals surface area contributed by atoms with Crippen molar-refractivity contribution in [1.29, 1.82) is 0 Å². The first kappa shape index (κ1) is 19.8. The van der Waals surface area contributed by atoms with Crippen molar-refractivity contribution >= 4 is 21.6 Å². The Balaban J connectivity index is 1.39. The van der Waals surface area contributed by atoms with Crippen LogP contribution in [0.2, 0.25) is 0 Å². The molecule has 1 fully saturated rings. The Bertz CT molecular complexity index is 1100. The summed E-state index contributed by atoms with van der Waals surface area (Å²) in [4.78, 5) is 25.2. The van der Waals surface area contributed by atoms with Crippen LogP contribution in [0.1, 0.15) is 29.3 Å². The molecule has 3 heterocycles. The first-order chi connectivity index (χ1) is 14.6. The Labute approximate surface area is 179 Å². The topological polar surface area (TPSA) is 41.4 Å². The van der Waals surface area contributed by atoms with Crippen molar-refractivity contribution < 1.29 is 4.39 Å². The van der Waals surface area contributed by atoms with E-state index in [1.54, 1.807) is 34.4 Å². The summed E-state index contributed by atoms with van der Waals surface area (Å²) < 4.78 is 14.8. The Morgan fingerprint density at radius 2 is 1.93 bits per heavy atom. The summed E-state index contributed by atoms with van der Waals surface area (Å²) in [6, 6.07) is 6.87. The van der Waals surface area contributed by atoms with Crippen molar-refractivity contribution in [2.45, 2.75) is 38.8 Å². The summed E-state index contributed by atoms with van der Waals surface area (Å²) in [6.07, 6.45) is 4.72. The molecule has 0 unspecified atom stereocenters. The average Bonchev–Trinajstić information content (AvgIpc) is 3.15. The van der Waals surface area contributed by atoms with Gasteiger partial charge in [0, 0.05) is 37.1 Å². The highest BCUT2D eigenvalue weighted by Crippen LogP contribution is 2.35. The number of thiophene rings is 1. The first-order valence-corrected chi connectivity index (χ1v) is 11.6. The van der Waals surface area contributed by atoms with Gasteiger partial charge < -0.3 is 4.90 Å². The number of rotatable bonds is 4. The van der Waals surface area contributed by atoms with Gasteiger partial charge in [0.25, 0.3) is 5.56 Å². The fraction of sp³-hybridized carbons (Fsp3) is 0.478. The molecule has 5 nitrogen and oxygen atoms in total. The number of hydrogen-bond donors (Lipinski definition) is 0. The summed E-state index contributed by atoms with van der Waals surface area (Å²) in [5.74, 6) is -0.266. The molecule has 7 heteroatoms. The van der Waals surface area contributed by atoms with E-state index in [0.29, 0.717) is 12.6 Å². The molecule has 0 spiro atoms. The van der Waals surface area contributed by atoms with Gasteiger partial charge in [-0.1, -0.05) is 19.1 Å². The Kier molecular flexibility index (Phi) is 5.43. The number of piperazine rings is 1. The van der Waals surface area contributed by atoms with E-state index in [2.05, 4.69) is 21.7 Å². The molecule has 0 radical (unpaired) electrons. The number of hydrogen-bond acceptors (Lipinski definition) is 5. The third kappa shape index (κ3) is 3.70. The zero-order chi connectivity index (χ0) is 20.7. The molecule has 1 saturated heterocycles. The van der Waals surface area contributed by atoms with E-state index in [9.17, 15) is 9.18 Å². The number of likely N-dealkylation sites (N-methyl/N-ethyl adjacent to an activating group) is 1. The molecular weight excluding hydrogens is 399 g/mol. The van der Waals surface area contributed by atoms with E-state index in [4.69, 9.17) is 0 Å². The molecule has 2 aliphatic rings. The van der Waals surface area contributed by atoms with Gasteiger partial charge in [-0.05, 0) is 49.1 Å². The predicted molar refractivity (Wildman–Crippen MR) is 119 cm³/mol.